The second-order valence-electron chi connectivity index (χ2n) is 5.84. The average Bonchev–Trinajstić information content (AvgIpc) is 3.12. The van der Waals surface area contributed by atoms with E-state index in [1.807, 2.05) is 24.0 Å². The van der Waals surface area contributed by atoms with E-state index in [0.717, 1.165) is 17.1 Å². The van der Waals surface area contributed by atoms with Crippen LogP contribution in [-0.4, -0.2) is 37.3 Å². The lowest BCUT2D eigenvalue weighted by Crippen LogP contribution is -2.27. The molecule has 1 aliphatic heterocycles. The van der Waals surface area contributed by atoms with Gasteiger partial charge in [0.25, 0.3) is 5.78 Å². The van der Waals surface area contributed by atoms with E-state index in [2.05, 4.69) is 15.1 Å². The Bertz CT molecular complexity index is 865. The van der Waals surface area contributed by atoms with E-state index in [0.29, 0.717) is 18.7 Å². The molecule has 3 aromatic rings. The van der Waals surface area contributed by atoms with Crippen LogP contribution in [0.1, 0.15) is 23.7 Å². The van der Waals surface area contributed by atoms with Crippen LogP contribution in [0.15, 0.2) is 36.7 Å². The second kappa shape index (κ2) is 5.27. The molecule has 2 aromatic heterocycles. The minimum atomic E-state index is -0.477. The Morgan fingerprint density at radius 3 is 3.00 bits per heavy atom. The van der Waals surface area contributed by atoms with Crippen molar-refractivity contribution in [2.45, 2.75) is 25.5 Å². The minimum absolute atomic E-state index is 0.116. The number of hydrogen-bond acceptors (Lipinski definition) is 5. The number of benzene rings is 1. The minimum Gasteiger partial charge on any atom is -0.391 e. The molecule has 1 fully saturated rings. The molecule has 0 amide bonds. The predicted molar refractivity (Wildman–Crippen MR) is 82.6 cm³/mol. The number of anilines is 1. The van der Waals surface area contributed by atoms with Crippen LogP contribution in [0.3, 0.4) is 0 Å². The first-order valence-corrected chi connectivity index (χ1v) is 7.49. The van der Waals surface area contributed by atoms with Crippen LogP contribution in [0.4, 0.5) is 10.2 Å². The molecule has 6 nitrogen and oxygen atoms in total. The van der Waals surface area contributed by atoms with Gasteiger partial charge in [0.05, 0.1) is 12.1 Å². The lowest BCUT2D eigenvalue weighted by atomic mass is 10.0. The van der Waals surface area contributed by atoms with E-state index in [1.54, 1.807) is 10.6 Å². The molecule has 4 rings (SSSR count). The Balaban J connectivity index is 1.83. The Labute approximate surface area is 132 Å². The fourth-order valence-corrected chi connectivity index (χ4v) is 3.21. The Hall–Kier alpha value is -2.54. The summed E-state index contributed by atoms with van der Waals surface area (Å²) >= 11 is 0. The second-order valence-corrected chi connectivity index (χ2v) is 5.84. The highest BCUT2D eigenvalue weighted by Gasteiger charge is 2.34. The fraction of sp³-hybridized carbons (Fsp3) is 0.312. The topological polar surface area (TPSA) is 66.5 Å². The molecule has 1 aliphatic rings. The van der Waals surface area contributed by atoms with E-state index >= 15 is 0 Å². The van der Waals surface area contributed by atoms with Gasteiger partial charge >= 0.3 is 0 Å². The maximum atomic E-state index is 13.6. The van der Waals surface area contributed by atoms with E-state index in [1.165, 1.54) is 18.5 Å². The zero-order valence-corrected chi connectivity index (χ0v) is 12.6. The lowest BCUT2D eigenvalue weighted by molar-refractivity contribution is 0.194. The molecular formula is C16H16FN5O. The summed E-state index contributed by atoms with van der Waals surface area (Å²) in [7, 11) is 0. The van der Waals surface area contributed by atoms with Crippen molar-refractivity contribution < 1.29 is 9.50 Å². The quantitative estimate of drug-likeness (QED) is 0.782. The highest BCUT2D eigenvalue weighted by molar-refractivity contribution is 5.50. The molecule has 1 aromatic carbocycles. The van der Waals surface area contributed by atoms with Gasteiger partial charge < -0.3 is 10.0 Å². The molecular weight excluding hydrogens is 297 g/mol. The van der Waals surface area contributed by atoms with Crippen molar-refractivity contribution in [2.24, 2.45) is 0 Å². The molecule has 0 radical (unpaired) electrons. The molecule has 0 saturated carbocycles. The summed E-state index contributed by atoms with van der Waals surface area (Å²) in [5.74, 6) is 1.04. The summed E-state index contributed by atoms with van der Waals surface area (Å²) in [6.07, 6.45) is 1.52. The average molecular weight is 313 g/mol. The smallest absolute Gasteiger partial charge is 0.254 e. The number of aliphatic hydroxyl groups excluding tert-OH is 1. The van der Waals surface area contributed by atoms with Crippen LogP contribution in [0, 0.1) is 12.7 Å². The SMILES string of the molecule is Cc1cc(N2C[C@@H](O)C[C@H]2c2cccc(F)c2)n2ncnc2n1. The monoisotopic (exact) mass is 313 g/mol. The van der Waals surface area contributed by atoms with E-state index in [-0.39, 0.29) is 11.9 Å². The van der Waals surface area contributed by atoms with E-state index in [9.17, 15) is 9.50 Å². The molecule has 2 atom stereocenters. The number of β-amino-alcohol motifs (C(OH)–C–C–N with tert-alkyl or cyclic N) is 1. The number of nitrogens with zero attached hydrogens (tertiary/aromatic N) is 5. The standard InChI is InChI=1S/C16H16FN5O/c1-10-5-15(22-16(20-10)18-9-19-22)21-8-13(23)7-14(21)11-3-2-4-12(17)6-11/h2-6,9,13-14,23H,7-8H2,1H3/t13-,14-/m0/s1. The number of hydrogen-bond donors (Lipinski definition) is 1. The number of aromatic nitrogens is 4. The van der Waals surface area contributed by atoms with Crippen LogP contribution >= 0.6 is 0 Å². The third-order valence-electron chi connectivity index (χ3n) is 4.17. The highest BCUT2D eigenvalue weighted by Crippen LogP contribution is 2.36. The molecule has 0 aliphatic carbocycles. The van der Waals surface area contributed by atoms with Gasteiger partial charge in [-0.05, 0) is 31.0 Å². The number of aliphatic hydroxyl groups is 1. The zero-order chi connectivity index (χ0) is 16.0. The van der Waals surface area contributed by atoms with Crippen LogP contribution < -0.4 is 4.90 Å². The maximum Gasteiger partial charge on any atom is 0.254 e. The van der Waals surface area contributed by atoms with Crippen LogP contribution in [-0.2, 0) is 0 Å². The maximum absolute atomic E-state index is 13.6. The third-order valence-corrected chi connectivity index (χ3v) is 4.17. The van der Waals surface area contributed by atoms with Gasteiger partial charge in [-0.1, -0.05) is 12.1 Å². The number of rotatable bonds is 2. The van der Waals surface area contributed by atoms with Gasteiger partial charge in [-0.25, -0.2) is 9.37 Å². The summed E-state index contributed by atoms with van der Waals surface area (Å²) < 4.78 is 15.2. The largest absolute Gasteiger partial charge is 0.391 e. The Kier molecular flexibility index (Phi) is 3.23. The fourth-order valence-electron chi connectivity index (χ4n) is 3.21. The van der Waals surface area contributed by atoms with Crippen molar-refractivity contribution in [3.8, 4) is 0 Å². The first kappa shape index (κ1) is 14.1. The summed E-state index contributed by atoms with van der Waals surface area (Å²) in [6, 6.07) is 8.30. The summed E-state index contributed by atoms with van der Waals surface area (Å²) in [5.41, 5.74) is 1.66. The molecule has 1 saturated heterocycles. The lowest BCUT2D eigenvalue weighted by Gasteiger charge is -2.27. The van der Waals surface area contributed by atoms with Crippen LogP contribution in [0.25, 0.3) is 5.78 Å². The Morgan fingerprint density at radius 1 is 1.30 bits per heavy atom. The van der Waals surface area contributed by atoms with Crippen molar-refractivity contribution in [3.63, 3.8) is 0 Å². The van der Waals surface area contributed by atoms with Crippen molar-refractivity contribution in [3.05, 3.63) is 53.7 Å². The number of halogens is 1. The van der Waals surface area contributed by atoms with Gasteiger partial charge in [-0.15, -0.1) is 0 Å². The Morgan fingerprint density at radius 2 is 2.17 bits per heavy atom. The van der Waals surface area contributed by atoms with Gasteiger partial charge in [0.15, 0.2) is 0 Å². The molecule has 0 unspecified atom stereocenters. The molecule has 118 valence electrons. The molecule has 23 heavy (non-hydrogen) atoms. The summed E-state index contributed by atoms with van der Waals surface area (Å²) in [5, 5.41) is 14.4. The van der Waals surface area contributed by atoms with Crippen LogP contribution in [0.2, 0.25) is 0 Å². The first-order valence-electron chi connectivity index (χ1n) is 7.49. The van der Waals surface area contributed by atoms with Crippen molar-refractivity contribution in [1.29, 1.82) is 0 Å². The molecule has 1 N–H and O–H groups in total. The number of fused-ring (bicyclic) bond motifs is 1. The van der Waals surface area contributed by atoms with E-state index < -0.39 is 6.10 Å². The zero-order valence-electron chi connectivity index (χ0n) is 12.6. The third kappa shape index (κ3) is 2.43. The first-order chi connectivity index (χ1) is 11.1. The molecule has 0 bridgehead atoms. The highest BCUT2D eigenvalue weighted by atomic mass is 19.1. The van der Waals surface area contributed by atoms with Crippen LogP contribution in [0.5, 0.6) is 0 Å². The summed E-state index contributed by atoms with van der Waals surface area (Å²) in [6.45, 7) is 2.35. The van der Waals surface area contributed by atoms with Gasteiger partial charge in [0.2, 0.25) is 0 Å². The molecule has 0 spiro atoms. The summed E-state index contributed by atoms with van der Waals surface area (Å²) in [4.78, 5) is 10.5. The van der Waals surface area contributed by atoms with Gasteiger partial charge in [-0.2, -0.15) is 14.6 Å². The van der Waals surface area contributed by atoms with Gasteiger partial charge in [0.1, 0.15) is 18.0 Å². The molecule has 3 heterocycles. The van der Waals surface area contributed by atoms with Gasteiger partial charge in [-0.3, -0.25) is 0 Å². The van der Waals surface area contributed by atoms with E-state index in [4.69, 9.17) is 0 Å². The van der Waals surface area contributed by atoms with Crippen molar-refractivity contribution >= 4 is 11.6 Å². The normalized spacial score (nSPS) is 21.3. The predicted octanol–water partition coefficient (Wildman–Crippen LogP) is 1.88. The number of aryl methyl sites for hydroxylation is 1. The van der Waals surface area contributed by atoms with Gasteiger partial charge in [0, 0.05) is 18.3 Å². The van der Waals surface area contributed by atoms with Crippen molar-refractivity contribution in [2.75, 3.05) is 11.4 Å². The molecule has 7 heteroatoms. The van der Waals surface area contributed by atoms with Crippen molar-refractivity contribution in [1.82, 2.24) is 19.6 Å².